The van der Waals surface area contributed by atoms with E-state index in [1.807, 2.05) is 6.08 Å². The molecule has 1 aromatic carbocycles. The number of allylic oxidation sites excluding steroid dienone is 2. The van der Waals surface area contributed by atoms with Gasteiger partial charge in [-0.05, 0) is 50.8 Å². The minimum atomic E-state index is -4.77. The first-order valence-electron chi connectivity index (χ1n) is 10.6. The number of likely N-dealkylation sites (tertiary alicyclic amines) is 1. The van der Waals surface area contributed by atoms with E-state index < -0.39 is 6.36 Å². The molecule has 2 aromatic rings. The van der Waals surface area contributed by atoms with E-state index in [9.17, 15) is 13.2 Å². The normalized spacial score (nSPS) is 15.1. The Bertz CT molecular complexity index is 938. The lowest BCUT2D eigenvalue weighted by Gasteiger charge is -2.29. The van der Waals surface area contributed by atoms with Gasteiger partial charge in [0.15, 0.2) is 0 Å². The number of piperidine rings is 1. The van der Waals surface area contributed by atoms with Crippen LogP contribution in [0.4, 0.5) is 18.9 Å². The summed E-state index contributed by atoms with van der Waals surface area (Å²) in [6, 6.07) is 3.68. The summed E-state index contributed by atoms with van der Waals surface area (Å²) >= 11 is 0. The first-order valence-corrected chi connectivity index (χ1v) is 10.6. The molecule has 2 N–H and O–H groups in total. The van der Waals surface area contributed by atoms with Crippen molar-refractivity contribution in [2.24, 2.45) is 4.99 Å². The molecule has 186 valence electrons. The third kappa shape index (κ3) is 9.36. The average Bonchev–Trinajstić information content (AvgIpc) is 3.25. The van der Waals surface area contributed by atoms with Crippen LogP contribution < -0.4 is 10.5 Å². The number of aliphatic imine (C=N–C) groups is 1. The highest BCUT2D eigenvalue weighted by Gasteiger charge is 2.31. The molecule has 34 heavy (non-hydrogen) atoms. The molecule has 2 heterocycles. The van der Waals surface area contributed by atoms with Gasteiger partial charge in [0.05, 0.1) is 6.61 Å². The third-order valence-corrected chi connectivity index (χ3v) is 4.89. The van der Waals surface area contributed by atoms with E-state index in [2.05, 4.69) is 44.2 Å². The van der Waals surface area contributed by atoms with Gasteiger partial charge in [-0.1, -0.05) is 24.8 Å². The molecule has 0 amide bonds. The van der Waals surface area contributed by atoms with Gasteiger partial charge in [-0.2, -0.15) is 0 Å². The summed E-state index contributed by atoms with van der Waals surface area (Å²) in [7, 11) is 1.64. The van der Waals surface area contributed by atoms with Crippen molar-refractivity contribution in [1.82, 2.24) is 15.1 Å². The fourth-order valence-corrected chi connectivity index (χ4v) is 3.31. The highest BCUT2D eigenvalue weighted by Crippen LogP contribution is 2.28. The lowest BCUT2D eigenvalue weighted by atomic mass is 9.97. The van der Waals surface area contributed by atoms with Gasteiger partial charge < -0.3 is 24.6 Å². The van der Waals surface area contributed by atoms with Gasteiger partial charge in [0.25, 0.3) is 0 Å². The minimum Gasteiger partial charge on any atom is -0.422 e. The third-order valence-electron chi connectivity index (χ3n) is 4.89. The van der Waals surface area contributed by atoms with E-state index in [-0.39, 0.29) is 24.9 Å². The Kier molecular flexibility index (Phi) is 10.8. The number of aromatic nitrogens is 2. The molecule has 0 saturated carbocycles. The van der Waals surface area contributed by atoms with Crippen LogP contribution in [0.2, 0.25) is 0 Å². The quantitative estimate of drug-likeness (QED) is 0.320. The molecule has 0 unspecified atom stereocenters. The Labute approximate surface area is 197 Å². The smallest absolute Gasteiger partial charge is 0.422 e. The standard InChI is InChI=1S/C21H25F3N4O3.C2H5N/c1-2-3-4-9-28-10-7-15(8-11-28)20-27-26-19(30-20)14-29-13-16-12-17(5-6-18(16)25)31-21(22,23)24;1-3-2/h2-6,12,15H,1,7-11,13-14,25H2;1H2,2H3/b4-3-;. The Balaban J connectivity index is 0.00000129. The zero-order chi connectivity index (χ0) is 25.0. The number of nitrogen functional groups attached to an aromatic ring is 1. The van der Waals surface area contributed by atoms with E-state index in [0.717, 1.165) is 38.5 Å². The lowest BCUT2D eigenvalue weighted by molar-refractivity contribution is -0.274. The lowest BCUT2D eigenvalue weighted by Crippen LogP contribution is -2.33. The maximum absolute atomic E-state index is 12.4. The van der Waals surface area contributed by atoms with Crippen molar-refractivity contribution in [2.45, 2.75) is 38.3 Å². The molecule has 1 aromatic heterocycles. The number of halogens is 3. The summed E-state index contributed by atoms with van der Waals surface area (Å²) in [6.07, 6.45) is 2.85. The second kappa shape index (κ2) is 13.5. The molecule has 0 bridgehead atoms. The maximum atomic E-state index is 12.4. The molecule has 0 aliphatic carbocycles. The Hall–Kier alpha value is -3.18. The predicted molar refractivity (Wildman–Crippen MR) is 124 cm³/mol. The van der Waals surface area contributed by atoms with Crippen molar-refractivity contribution >= 4 is 12.4 Å². The molecule has 0 spiro atoms. The number of nitrogens with zero attached hydrogens (tertiary/aromatic N) is 4. The number of hydrogen-bond acceptors (Lipinski definition) is 8. The van der Waals surface area contributed by atoms with Crippen LogP contribution in [0, 0.1) is 0 Å². The summed E-state index contributed by atoms with van der Waals surface area (Å²) in [5.41, 5.74) is 6.48. The minimum absolute atomic E-state index is 0.0186. The van der Waals surface area contributed by atoms with E-state index in [1.54, 1.807) is 13.1 Å². The van der Waals surface area contributed by atoms with Crippen LogP contribution in [-0.2, 0) is 18.0 Å². The fourth-order valence-electron chi connectivity index (χ4n) is 3.31. The maximum Gasteiger partial charge on any atom is 0.573 e. The summed E-state index contributed by atoms with van der Waals surface area (Å²) < 4.78 is 52.2. The van der Waals surface area contributed by atoms with Gasteiger partial charge in [-0.15, -0.1) is 23.4 Å². The molecule has 11 heteroatoms. The molecule has 1 saturated heterocycles. The number of alkyl halides is 3. The van der Waals surface area contributed by atoms with Crippen LogP contribution in [0.15, 0.2) is 52.4 Å². The number of rotatable bonds is 9. The van der Waals surface area contributed by atoms with Gasteiger partial charge in [0.1, 0.15) is 12.4 Å². The van der Waals surface area contributed by atoms with Crippen LogP contribution >= 0.6 is 0 Å². The van der Waals surface area contributed by atoms with Crippen molar-refractivity contribution < 1.29 is 27.1 Å². The van der Waals surface area contributed by atoms with E-state index >= 15 is 0 Å². The van der Waals surface area contributed by atoms with Crippen molar-refractivity contribution in [1.29, 1.82) is 0 Å². The molecular formula is C23H30F3N5O3. The highest BCUT2D eigenvalue weighted by molar-refractivity contribution is 5.50. The summed E-state index contributed by atoms with van der Waals surface area (Å²) in [4.78, 5) is 5.60. The van der Waals surface area contributed by atoms with Crippen LogP contribution in [0.3, 0.4) is 0 Å². The molecule has 1 aliphatic rings. The predicted octanol–water partition coefficient (Wildman–Crippen LogP) is 4.51. The first-order chi connectivity index (χ1) is 16.3. The number of ether oxygens (including phenoxy) is 2. The molecule has 0 atom stereocenters. The molecule has 3 rings (SSSR count). The summed E-state index contributed by atoms with van der Waals surface area (Å²) in [5, 5.41) is 8.13. The van der Waals surface area contributed by atoms with Crippen LogP contribution in [0.5, 0.6) is 5.75 Å². The van der Waals surface area contributed by atoms with E-state index in [0.29, 0.717) is 23.0 Å². The molecular weight excluding hydrogens is 451 g/mol. The van der Waals surface area contributed by atoms with Crippen LogP contribution in [0.1, 0.15) is 36.1 Å². The summed E-state index contributed by atoms with van der Waals surface area (Å²) in [5.74, 6) is 0.743. The zero-order valence-electron chi connectivity index (χ0n) is 19.1. The SMILES string of the molecule is C=C/C=C\CN1CCC(c2nnc(COCc3cc(OC(F)(F)F)ccc3N)o2)CC1.C=NC. The Morgan fingerprint density at radius 3 is 2.62 bits per heavy atom. The van der Waals surface area contributed by atoms with Crippen molar-refractivity contribution in [3.8, 4) is 5.75 Å². The van der Waals surface area contributed by atoms with Crippen molar-refractivity contribution in [3.63, 3.8) is 0 Å². The first kappa shape index (κ1) is 27.1. The van der Waals surface area contributed by atoms with Gasteiger partial charge >= 0.3 is 6.36 Å². The van der Waals surface area contributed by atoms with Gasteiger partial charge in [0.2, 0.25) is 11.8 Å². The number of anilines is 1. The van der Waals surface area contributed by atoms with Crippen molar-refractivity contribution in [2.75, 3.05) is 32.4 Å². The second-order valence-electron chi connectivity index (χ2n) is 7.49. The zero-order valence-corrected chi connectivity index (χ0v) is 19.1. The van der Waals surface area contributed by atoms with Crippen LogP contribution in [-0.4, -0.2) is 54.9 Å². The van der Waals surface area contributed by atoms with Crippen molar-refractivity contribution in [3.05, 3.63) is 60.4 Å². The summed E-state index contributed by atoms with van der Waals surface area (Å²) in [6.45, 7) is 9.55. The van der Waals surface area contributed by atoms with Crippen LogP contribution in [0.25, 0.3) is 0 Å². The van der Waals surface area contributed by atoms with Gasteiger partial charge in [0, 0.05) is 30.8 Å². The van der Waals surface area contributed by atoms with Gasteiger partial charge in [-0.3, -0.25) is 4.90 Å². The number of nitrogens with two attached hydrogens (primary N) is 1. The molecule has 1 aliphatic heterocycles. The fraction of sp³-hybridized carbons (Fsp3) is 0.435. The van der Waals surface area contributed by atoms with Gasteiger partial charge in [-0.25, -0.2) is 0 Å². The number of hydrogen-bond donors (Lipinski definition) is 1. The molecule has 8 nitrogen and oxygen atoms in total. The Morgan fingerprint density at radius 2 is 1.97 bits per heavy atom. The molecule has 0 radical (unpaired) electrons. The number of benzene rings is 1. The monoisotopic (exact) mass is 481 g/mol. The largest absolute Gasteiger partial charge is 0.573 e. The molecule has 1 fully saturated rings. The van der Waals surface area contributed by atoms with E-state index in [4.69, 9.17) is 14.9 Å². The van der Waals surface area contributed by atoms with E-state index in [1.165, 1.54) is 12.1 Å². The second-order valence-corrected chi connectivity index (χ2v) is 7.49. The topological polar surface area (TPSA) is 99.0 Å². The average molecular weight is 482 g/mol. The Morgan fingerprint density at radius 1 is 1.26 bits per heavy atom. The highest BCUT2D eigenvalue weighted by atomic mass is 19.4.